The molecule has 0 aliphatic heterocycles. The van der Waals surface area contributed by atoms with E-state index in [-0.39, 0.29) is 24.5 Å². The Labute approximate surface area is 251 Å². The van der Waals surface area contributed by atoms with Crippen LogP contribution in [0.3, 0.4) is 0 Å². The second-order valence-corrected chi connectivity index (χ2v) is 10.5. The smallest absolute Gasteiger partial charge is 0.357 e. The first-order valence-electron chi connectivity index (χ1n) is 14.5. The first-order chi connectivity index (χ1) is 20.9. The molecule has 220 valence electrons. The highest BCUT2D eigenvalue weighted by Gasteiger charge is 2.19. The number of imidazole rings is 1. The number of aromatic carboxylic acids is 1. The van der Waals surface area contributed by atoms with Crippen molar-refractivity contribution < 1.29 is 24.2 Å². The third kappa shape index (κ3) is 6.75. The molecule has 0 amide bonds. The number of carboxylic acids is 1. The van der Waals surface area contributed by atoms with E-state index < -0.39 is 11.9 Å². The Morgan fingerprint density at radius 1 is 0.860 bits per heavy atom. The summed E-state index contributed by atoms with van der Waals surface area (Å²) in [5.74, 6) is 0.160. The second kappa shape index (κ2) is 13.3. The highest BCUT2D eigenvalue weighted by Crippen LogP contribution is 2.26. The Kier molecular flexibility index (Phi) is 9.15. The maximum atomic E-state index is 13.0. The molecule has 0 radical (unpaired) electrons. The van der Waals surface area contributed by atoms with E-state index in [4.69, 9.17) is 19.4 Å². The number of aryl methyl sites for hydroxylation is 3. The van der Waals surface area contributed by atoms with Gasteiger partial charge in [0.1, 0.15) is 30.3 Å². The number of hydrogen-bond acceptors (Lipinski definition) is 6. The van der Waals surface area contributed by atoms with Crippen LogP contribution in [0.1, 0.15) is 74.8 Å². The van der Waals surface area contributed by atoms with Gasteiger partial charge >= 0.3 is 11.9 Å². The van der Waals surface area contributed by atoms with Crippen molar-refractivity contribution in [1.82, 2.24) is 14.5 Å². The standard InChI is InChI=1S/C35H35N3O5/c1-4-11-26-19-25(16-17-30(26)42-22-27-14-9-10-15-28(27)34(39)40)20-38-31(5-2)37-32-23(3)18-29(36-33(32)38)35(41)43-21-24-12-7-6-8-13-24/h6-10,12-19H,4-5,11,20-22H2,1-3H3,(H,39,40). The van der Waals surface area contributed by atoms with E-state index in [2.05, 4.69) is 24.5 Å². The van der Waals surface area contributed by atoms with E-state index in [9.17, 15) is 14.7 Å². The molecule has 3 aromatic carbocycles. The zero-order chi connectivity index (χ0) is 30.3. The second-order valence-electron chi connectivity index (χ2n) is 10.5. The average Bonchev–Trinajstić information content (AvgIpc) is 3.38. The van der Waals surface area contributed by atoms with E-state index in [1.165, 1.54) is 0 Å². The summed E-state index contributed by atoms with van der Waals surface area (Å²) >= 11 is 0. The van der Waals surface area contributed by atoms with Crippen LogP contribution < -0.4 is 4.74 Å². The lowest BCUT2D eigenvalue weighted by Gasteiger charge is -2.15. The molecule has 2 aromatic heterocycles. The van der Waals surface area contributed by atoms with Crippen molar-refractivity contribution in [1.29, 1.82) is 0 Å². The molecule has 1 N–H and O–H groups in total. The van der Waals surface area contributed by atoms with Crippen LogP contribution in [-0.2, 0) is 37.3 Å². The highest BCUT2D eigenvalue weighted by molar-refractivity contribution is 5.91. The normalized spacial score (nSPS) is 11.0. The van der Waals surface area contributed by atoms with Gasteiger partial charge in [0.05, 0.1) is 12.1 Å². The molecule has 8 nitrogen and oxygen atoms in total. The van der Waals surface area contributed by atoms with Crippen LogP contribution in [0.4, 0.5) is 0 Å². The molecule has 0 saturated carbocycles. The van der Waals surface area contributed by atoms with E-state index in [0.29, 0.717) is 24.2 Å². The van der Waals surface area contributed by atoms with Gasteiger partial charge in [-0.3, -0.25) is 0 Å². The molecule has 0 spiro atoms. The lowest BCUT2D eigenvalue weighted by molar-refractivity contribution is 0.0465. The number of esters is 1. The van der Waals surface area contributed by atoms with E-state index in [0.717, 1.165) is 52.2 Å². The predicted octanol–water partition coefficient (Wildman–Crippen LogP) is 6.94. The van der Waals surface area contributed by atoms with Gasteiger partial charge in [-0.15, -0.1) is 0 Å². The lowest BCUT2D eigenvalue weighted by Crippen LogP contribution is -2.11. The number of fused-ring (bicyclic) bond motifs is 1. The summed E-state index contributed by atoms with van der Waals surface area (Å²) in [6.07, 6.45) is 2.44. The number of rotatable bonds is 12. The number of carbonyl (C=O) groups is 2. The molecule has 0 atom stereocenters. The molecular weight excluding hydrogens is 542 g/mol. The summed E-state index contributed by atoms with van der Waals surface area (Å²) in [4.78, 5) is 34.2. The molecule has 0 aliphatic rings. The Morgan fingerprint density at radius 3 is 2.37 bits per heavy atom. The van der Waals surface area contributed by atoms with Gasteiger partial charge in [0.2, 0.25) is 0 Å². The molecular formula is C35H35N3O5. The minimum Gasteiger partial charge on any atom is -0.489 e. The Hall–Kier alpha value is -4.98. The molecule has 2 heterocycles. The summed E-state index contributed by atoms with van der Waals surface area (Å²) in [6.45, 7) is 6.96. The number of carboxylic acid groups (broad SMARTS) is 1. The number of hydrogen-bond donors (Lipinski definition) is 1. The molecule has 0 bridgehead atoms. The first kappa shape index (κ1) is 29.5. The predicted molar refractivity (Wildman–Crippen MR) is 164 cm³/mol. The van der Waals surface area contributed by atoms with Crippen molar-refractivity contribution in [3.63, 3.8) is 0 Å². The van der Waals surface area contributed by atoms with Crippen LogP contribution >= 0.6 is 0 Å². The van der Waals surface area contributed by atoms with Gasteiger partial charge in [0.25, 0.3) is 0 Å². The minimum absolute atomic E-state index is 0.164. The summed E-state index contributed by atoms with van der Waals surface area (Å²) < 4.78 is 13.8. The van der Waals surface area contributed by atoms with Crippen LogP contribution in [0.15, 0.2) is 78.9 Å². The van der Waals surface area contributed by atoms with Gasteiger partial charge < -0.3 is 19.1 Å². The maximum absolute atomic E-state index is 13.0. The van der Waals surface area contributed by atoms with E-state index in [1.807, 2.05) is 55.5 Å². The average molecular weight is 578 g/mol. The fraction of sp³-hybridized carbons (Fsp3) is 0.257. The largest absolute Gasteiger partial charge is 0.489 e. The first-order valence-corrected chi connectivity index (χ1v) is 14.5. The molecule has 0 fully saturated rings. The Morgan fingerprint density at radius 2 is 1.63 bits per heavy atom. The monoisotopic (exact) mass is 577 g/mol. The molecule has 0 unspecified atom stereocenters. The molecule has 5 rings (SSSR count). The Bertz CT molecular complexity index is 1760. The quantitative estimate of drug-likeness (QED) is 0.160. The minimum atomic E-state index is -0.973. The number of aromatic nitrogens is 3. The van der Waals surface area contributed by atoms with Gasteiger partial charge in [0.15, 0.2) is 11.3 Å². The topological polar surface area (TPSA) is 104 Å². The third-order valence-electron chi connectivity index (χ3n) is 7.33. The molecule has 0 saturated heterocycles. The zero-order valence-electron chi connectivity index (χ0n) is 24.7. The number of ether oxygens (including phenoxy) is 2. The van der Waals surface area contributed by atoms with Crippen molar-refractivity contribution in [3.05, 3.63) is 124 Å². The zero-order valence-corrected chi connectivity index (χ0v) is 24.7. The van der Waals surface area contributed by atoms with E-state index in [1.54, 1.807) is 24.3 Å². The number of benzene rings is 3. The SMILES string of the molecule is CCCc1cc(Cn2c(CC)nc3c(C)cc(C(=O)OCc4ccccc4)nc32)ccc1OCc1ccccc1C(=O)O. The van der Waals surface area contributed by atoms with Crippen molar-refractivity contribution in [2.75, 3.05) is 0 Å². The van der Waals surface area contributed by atoms with Crippen LogP contribution in [0.2, 0.25) is 0 Å². The van der Waals surface area contributed by atoms with Gasteiger partial charge in [-0.25, -0.2) is 19.6 Å². The van der Waals surface area contributed by atoms with Gasteiger partial charge in [-0.2, -0.15) is 0 Å². The van der Waals surface area contributed by atoms with Crippen LogP contribution in [-0.4, -0.2) is 31.6 Å². The van der Waals surface area contributed by atoms with Gasteiger partial charge in [0, 0.05) is 12.0 Å². The van der Waals surface area contributed by atoms with E-state index >= 15 is 0 Å². The summed E-state index contributed by atoms with van der Waals surface area (Å²) in [5, 5.41) is 9.52. The van der Waals surface area contributed by atoms with Crippen molar-refractivity contribution in [3.8, 4) is 5.75 Å². The van der Waals surface area contributed by atoms with Crippen LogP contribution in [0.25, 0.3) is 11.2 Å². The molecule has 43 heavy (non-hydrogen) atoms. The number of pyridine rings is 1. The van der Waals surface area contributed by atoms with Crippen LogP contribution in [0, 0.1) is 6.92 Å². The molecule has 5 aromatic rings. The Balaban J connectivity index is 1.41. The maximum Gasteiger partial charge on any atom is 0.357 e. The highest BCUT2D eigenvalue weighted by atomic mass is 16.5. The summed E-state index contributed by atoms with van der Waals surface area (Å²) in [6, 6.07) is 24.3. The number of nitrogens with zero attached hydrogens (tertiary/aromatic N) is 3. The van der Waals surface area contributed by atoms with Gasteiger partial charge in [-0.05, 0) is 53.8 Å². The van der Waals surface area contributed by atoms with Crippen molar-refractivity contribution in [2.45, 2.75) is 59.8 Å². The fourth-order valence-electron chi connectivity index (χ4n) is 5.15. The third-order valence-corrected chi connectivity index (χ3v) is 7.33. The lowest BCUT2D eigenvalue weighted by atomic mass is 10.0. The van der Waals surface area contributed by atoms with Crippen molar-refractivity contribution in [2.24, 2.45) is 0 Å². The summed E-state index contributed by atoms with van der Waals surface area (Å²) in [5.41, 5.74) is 6.39. The molecule has 0 aliphatic carbocycles. The van der Waals surface area contributed by atoms with Crippen LogP contribution in [0.5, 0.6) is 5.75 Å². The fourth-order valence-corrected chi connectivity index (χ4v) is 5.15. The van der Waals surface area contributed by atoms with Gasteiger partial charge in [-0.1, -0.05) is 80.9 Å². The molecule has 8 heteroatoms. The number of carbonyl (C=O) groups excluding carboxylic acids is 1. The van der Waals surface area contributed by atoms with Crippen molar-refractivity contribution >= 4 is 23.1 Å². The summed E-state index contributed by atoms with van der Waals surface area (Å²) in [7, 11) is 0.